The van der Waals surface area contributed by atoms with Gasteiger partial charge in [0.2, 0.25) is 11.8 Å². The standard InChI is InChI=1S/C16H12ClFN2O3/c1-23-9-4-2-8(3-5-9)20-13-7-12(18)11(17)6-10(13)14(15(19)21)16(20)22/h2-7,14H,1H3,(H2,19,21). The maximum atomic E-state index is 13.8. The van der Waals surface area contributed by atoms with Crippen molar-refractivity contribution in [1.82, 2.24) is 0 Å². The fourth-order valence-corrected chi connectivity index (χ4v) is 2.80. The van der Waals surface area contributed by atoms with Gasteiger partial charge in [0.1, 0.15) is 17.5 Å². The minimum Gasteiger partial charge on any atom is -0.497 e. The first-order chi connectivity index (χ1) is 10.9. The molecule has 2 N–H and O–H groups in total. The molecule has 5 nitrogen and oxygen atoms in total. The molecule has 2 aromatic carbocycles. The van der Waals surface area contributed by atoms with E-state index in [1.165, 1.54) is 18.1 Å². The lowest BCUT2D eigenvalue weighted by Crippen LogP contribution is -2.31. The van der Waals surface area contributed by atoms with Gasteiger partial charge in [-0.3, -0.25) is 14.5 Å². The summed E-state index contributed by atoms with van der Waals surface area (Å²) in [6, 6.07) is 8.98. The molecule has 0 fully saturated rings. The number of carbonyl (C=O) groups excluding carboxylic acids is 2. The zero-order chi connectivity index (χ0) is 16.7. The number of fused-ring (bicyclic) bond motifs is 1. The number of carbonyl (C=O) groups is 2. The largest absolute Gasteiger partial charge is 0.497 e. The molecule has 1 unspecified atom stereocenters. The number of nitrogens with two attached hydrogens (primary N) is 1. The van der Waals surface area contributed by atoms with Gasteiger partial charge in [-0.15, -0.1) is 0 Å². The van der Waals surface area contributed by atoms with Gasteiger partial charge in [0.05, 0.1) is 17.8 Å². The quantitative estimate of drug-likeness (QED) is 0.877. The Morgan fingerprint density at radius 2 is 1.96 bits per heavy atom. The zero-order valence-corrected chi connectivity index (χ0v) is 12.8. The minimum atomic E-state index is -1.19. The molecule has 3 rings (SSSR count). The van der Waals surface area contributed by atoms with E-state index in [1.807, 2.05) is 0 Å². The van der Waals surface area contributed by atoms with Gasteiger partial charge in [-0.2, -0.15) is 0 Å². The number of amides is 2. The molecular formula is C16H12ClFN2O3. The second kappa shape index (κ2) is 5.55. The van der Waals surface area contributed by atoms with E-state index >= 15 is 0 Å². The van der Waals surface area contributed by atoms with Crippen molar-refractivity contribution in [3.63, 3.8) is 0 Å². The highest BCUT2D eigenvalue weighted by molar-refractivity contribution is 6.31. The van der Waals surface area contributed by atoms with E-state index in [0.29, 0.717) is 17.0 Å². The van der Waals surface area contributed by atoms with Crippen LogP contribution in [0.2, 0.25) is 5.02 Å². The molecule has 0 bridgehead atoms. The number of hydrogen-bond acceptors (Lipinski definition) is 3. The number of rotatable bonds is 3. The Morgan fingerprint density at radius 3 is 2.52 bits per heavy atom. The summed E-state index contributed by atoms with van der Waals surface area (Å²) in [6.45, 7) is 0. The Hall–Kier alpha value is -2.60. The SMILES string of the molecule is COc1ccc(N2C(=O)C(C(N)=O)c3cc(Cl)c(F)cc32)cc1. The van der Waals surface area contributed by atoms with Gasteiger partial charge < -0.3 is 10.5 Å². The Morgan fingerprint density at radius 1 is 1.30 bits per heavy atom. The number of anilines is 2. The smallest absolute Gasteiger partial charge is 0.248 e. The second-order valence-electron chi connectivity index (χ2n) is 5.03. The highest BCUT2D eigenvalue weighted by Gasteiger charge is 2.42. The fraction of sp³-hybridized carbons (Fsp3) is 0.125. The summed E-state index contributed by atoms with van der Waals surface area (Å²) in [4.78, 5) is 25.5. The van der Waals surface area contributed by atoms with Crippen LogP contribution in [0.15, 0.2) is 36.4 Å². The van der Waals surface area contributed by atoms with Crippen molar-refractivity contribution in [2.24, 2.45) is 5.73 Å². The molecule has 0 saturated carbocycles. The lowest BCUT2D eigenvalue weighted by molar-refractivity contribution is -0.127. The molecule has 0 spiro atoms. The number of nitrogens with zero attached hydrogens (tertiary/aromatic N) is 1. The summed E-state index contributed by atoms with van der Waals surface area (Å²) in [5, 5.41) is -0.167. The van der Waals surface area contributed by atoms with Crippen LogP contribution in [0.25, 0.3) is 0 Å². The van der Waals surface area contributed by atoms with Crippen LogP contribution in [-0.4, -0.2) is 18.9 Å². The van der Waals surface area contributed by atoms with E-state index in [4.69, 9.17) is 22.1 Å². The number of ether oxygens (including phenoxy) is 1. The molecule has 7 heteroatoms. The van der Waals surface area contributed by atoms with E-state index in [9.17, 15) is 14.0 Å². The van der Waals surface area contributed by atoms with Crippen LogP contribution < -0.4 is 15.4 Å². The average Bonchev–Trinajstić information content (AvgIpc) is 2.79. The number of methoxy groups -OCH3 is 1. The maximum absolute atomic E-state index is 13.8. The van der Waals surface area contributed by atoms with Gasteiger partial charge in [0.15, 0.2) is 0 Å². The molecule has 0 radical (unpaired) electrons. The molecule has 23 heavy (non-hydrogen) atoms. The highest BCUT2D eigenvalue weighted by atomic mass is 35.5. The van der Waals surface area contributed by atoms with Gasteiger partial charge >= 0.3 is 0 Å². The lowest BCUT2D eigenvalue weighted by atomic mass is 10.0. The predicted octanol–water partition coefficient (Wildman–Crippen LogP) is 2.73. The molecule has 0 saturated heterocycles. The van der Waals surface area contributed by atoms with E-state index in [-0.39, 0.29) is 10.7 Å². The van der Waals surface area contributed by atoms with Crippen LogP contribution in [0, 0.1) is 5.82 Å². The van der Waals surface area contributed by atoms with Gasteiger partial charge in [-0.05, 0) is 42.0 Å². The van der Waals surface area contributed by atoms with E-state index < -0.39 is 23.5 Å². The maximum Gasteiger partial charge on any atom is 0.248 e. The number of benzene rings is 2. The zero-order valence-electron chi connectivity index (χ0n) is 12.0. The average molecular weight is 335 g/mol. The third-order valence-electron chi connectivity index (χ3n) is 3.70. The van der Waals surface area contributed by atoms with E-state index in [2.05, 4.69) is 0 Å². The molecular weight excluding hydrogens is 323 g/mol. The Kier molecular flexibility index (Phi) is 3.69. The molecule has 1 aliphatic rings. The van der Waals surface area contributed by atoms with Crippen LogP contribution in [-0.2, 0) is 9.59 Å². The van der Waals surface area contributed by atoms with Crippen molar-refractivity contribution in [2.75, 3.05) is 12.0 Å². The molecule has 0 aromatic heterocycles. The van der Waals surface area contributed by atoms with Gasteiger partial charge in [-0.1, -0.05) is 11.6 Å². The number of halogens is 2. The van der Waals surface area contributed by atoms with Crippen molar-refractivity contribution < 1.29 is 18.7 Å². The summed E-state index contributed by atoms with van der Waals surface area (Å²) in [6.07, 6.45) is 0. The minimum absolute atomic E-state index is 0.167. The normalized spacial score (nSPS) is 16.4. The second-order valence-corrected chi connectivity index (χ2v) is 5.44. The van der Waals surface area contributed by atoms with E-state index in [0.717, 1.165) is 6.07 Å². The van der Waals surface area contributed by atoms with Crippen molar-refractivity contribution in [2.45, 2.75) is 5.92 Å². The van der Waals surface area contributed by atoms with Crippen molar-refractivity contribution in [3.05, 3.63) is 52.8 Å². The third kappa shape index (κ3) is 2.41. The summed E-state index contributed by atoms with van der Waals surface area (Å²) in [5.74, 6) is -2.62. The number of primary amides is 1. The van der Waals surface area contributed by atoms with Gasteiger partial charge in [0, 0.05) is 5.69 Å². The highest BCUT2D eigenvalue weighted by Crippen LogP contribution is 2.44. The van der Waals surface area contributed by atoms with Crippen molar-refractivity contribution >= 4 is 34.8 Å². The summed E-state index contributed by atoms with van der Waals surface area (Å²) >= 11 is 5.77. The van der Waals surface area contributed by atoms with Crippen molar-refractivity contribution in [3.8, 4) is 5.75 Å². The fourth-order valence-electron chi connectivity index (χ4n) is 2.63. The lowest BCUT2D eigenvalue weighted by Gasteiger charge is -2.18. The van der Waals surface area contributed by atoms with Crippen molar-refractivity contribution in [1.29, 1.82) is 0 Å². The molecule has 1 heterocycles. The van der Waals surface area contributed by atoms with E-state index in [1.54, 1.807) is 24.3 Å². The number of hydrogen-bond donors (Lipinski definition) is 1. The molecule has 118 valence electrons. The molecule has 2 aromatic rings. The summed E-state index contributed by atoms with van der Waals surface area (Å²) in [7, 11) is 1.52. The summed E-state index contributed by atoms with van der Waals surface area (Å²) < 4.78 is 18.9. The first-order valence-corrected chi connectivity index (χ1v) is 7.08. The Balaban J connectivity index is 2.16. The van der Waals surface area contributed by atoms with Gasteiger partial charge in [0.25, 0.3) is 0 Å². The van der Waals surface area contributed by atoms with Crippen LogP contribution in [0.3, 0.4) is 0 Å². The predicted molar refractivity (Wildman–Crippen MR) is 83.5 cm³/mol. The first-order valence-electron chi connectivity index (χ1n) is 6.70. The van der Waals surface area contributed by atoms with Crippen LogP contribution >= 0.6 is 11.6 Å². The molecule has 0 aliphatic carbocycles. The Labute approximate surface area is 136 Å². The molecule has 1 atom stereocenters. The first kappa shape index (κ1) is 15.3. The monoisotopic (exact) mass is 334 g/mol. The molecule has 1 aliphatic heterocycles. The van der Waals surface area contributed by atoms with Crippen LogP contribution in [0.5, 0.6) is 5.75 Å². The van der Waals surface area contributed by atoms with Gasteiger partial charge in [-0.25, -0.2) is 4.39 Å². The van der Waals surface area contributed by atoms with Crippen LogP contribution in [0.4, 0.5) is 15.8 Å². The summed E-state index contributed by atoms with van der Waals surface area (Å²) in [5.41, 5.74) is 6.36. The Bertz CT molecular complexity index is 808. The topological polar surface area (TPSA) is 72.6 Å². The van der Waals surface area contributed by atoms with Crippen LogP contribution in [0.1, 0.15) is 11.5 Å². The molecule has 2 amide bonds. The third-order valence-corrected chi connectivity index (χ3v) is 3.99.